The average molecular weight is 205 g/mol. The van der Waals surface area contributed by atoms with Crippen molar-refractivity contribution in [3.63, 3.8) is 0 Å². The molecule has 2 heteroatoms. The quantitative estimate of drug-likeness (QED) is 0.773. The average Bonchev–Trinajstić information content (AvgIpc) is 3.05. The molecule has 82 valence electrons. The summed E-state index contributed by atoms with van der Waals surface area (Å²) in [5.74, 6) is 1.95. The predicted molar refractivity (Wildman–Crippen MR) is 62.0 cm³/mol. The predicted octanol–water partition coefficient (Wildman–Crippen LogP) is 2.37. The third-order valence-electron chi connectivity index (χ3n) is 2.87. The first-order valence-electron chi connectivity index (χ1n) is 5.81. The number of benzene rings is 1. The zero-order valence-electron chi connectivity index (χ0n) is 9.11. The zero-order chi connectivity index (χ0) is 10.5. The molecule has 1 aromatic carbocycles. The molecule has 1 aromatic rings. The van der Waals surface area contributed by atoms with Crippen molar-refractivity contribution in [2.24, 2.45) is 11.7 Å². The smallest absolute Gasteiger partial charge is 0.122 e. The number of hydrogen-bond acceptors (Lipinski definition) is 2. The van der Waals surface area contributed by atoms with Gasteiger partial charge in [-0.3, -0.25) is 0 Å². The van der Waals surface area contributed by atoms with Crippen LogP contribution in [0.1, 0.15) is 24.8 Å². The maximum absolute atomic E-state index is 5.78. The maximum Gasteiger partial charge on any atom is 0.122 e. The lowest BCUT2D eigenvalue weighted by Crippen LogP contribution is -2.06. The molecule has 2 N–H and O–H groups in total. The molecule has 0 aliphatic heterocycles. The normalized spacial score (nSPS) is 15.3. The van der Waals surface area contributed by atoms with E-state index >= 15 is 0 Å². The van der Waals surface area contributed by atoms with E-state index in [1.54, 1.807) is 0 Å². The monoisotopic (exact) mass is 205 g/mol. The molecule has 2 nitrogen and oxygen atoms in total. The van der Waals surface area contributed by atoms with Crippen LogP contribution in [-0.4, -0.2) is 13.2 Å². The van der Waals surface area contributed by atoms with E-state index in [0.717, 1.165) is 24.7 Å². The van der Waals surface area contributed by atoms with Crippen LogP contribution in [0.4, 0.5) is 0 Å². The molecule has 0 saturated heterocycles. The Kier molecular flexibility index (Phi) is 3.62. The lowest BCUT2D eigenvalue weighted by atomic mass is 10.1. The van der Waals surface area contributed by atoms with Gasteiger partial charge in [0.05, 0.1) is 6.61 Å². The van der Waals surface area contributed by atoms with Crippen LogP contribution < -0.4 is 10.5 Å². The number of nitrogens with two attached hydrogens (primary N) is 1. The van der Waals surface area contributed by atoms with Gasteiger partial charge in [0.15, 0.2) is 0 Å². The molecule has 0 aromatic heterocycles. The van der Waals surface area contributed by atoms with Gasteiger partial charge in [0, 0.05) is 0 Å². The Morgan fingerprint density at radius 2 is 2.07 bits per heavy atom. The number of rotatable bonds is 6. The second kappa shape index (κ2) is 5.17. The lowest BCUT2D eigenvalue weighted by Gasteiger charge is -2.10. The van der Waals surface area contributed by atoms with Crippen molar-refractivity contribution in [3.8, 4) is 5.75 Å². The van der Waals surface area contributed by atoms with Crippen LogP contribution in [0.25, 0.3) is 0 Å². The van der Waals surface area contributed by atoms with Gasteiger partial charge >= 0.3 is 0 Å². The number of para-hydroxylation sites is 1. The Morgan fingerprint density at radius 1 is 1.27 bits per heavy atom. The van der Waals surface area contributed by atoms with Crippen LogP contribution in [-0.2, 0) is 6.42 Å². The van der Waals surface area contributed by atoms with E-state index < -0.39 is 0 Å². The highest BCUT2D eigenvalue weighted by Crippen LogP contribution is 2.32. The van der Waals surface area contributed by atoms with E-state index in [9.17, 15) is 0 Å². The summed E-state index contributed by atoms with van der Waals surface area (Å²) in [6.07, 6.45) is 4.90. The third kappa shape index (κ3) is 3.24. The van der Waals surface area contributed by atoms with Crippen molar-refractivity contribution in [2.75, 3.05) is 13.2 Å². The van der Waals surface area contributed by atoms with Crippen molar-refractivity contribution in [1.82, 2.24) is 0 Å². The third-order valence-corrected chi connectivity index (χ3v) is 2.87. The molecule has 1 fully saturated rings. The summed E-state index contributed by atoms with van der Waals surface area (Å²) in [5.41, 5.74) is 6.79. The molecule has 0 radical (unpaired) electrons. The fourth-order valence-electron chi connectivity index (χ4n) is 1.75. The first-order valence-corrected chi connectivity index (χ1v) is 5.81. The largest absolute Gasteiger partial charge is 0.493 e. The summed E-state index contributed by atoms with van der Waals surface area (Å²) in [5, 5.41) is 0. The number of hydrogen-bond donors (Lipinski definition) is 1. The van der Waals surface area contributed by atoms with Gasteiger partial charge in [-0.1, -0.05) is 31.0 Å². The van der Waals surface area contributed by atoms with Crippen molar-refractivity contribution in [1.29, 1.82) is 0 Å². The topological polar surface area (TPSA) is 35.2 Å². The summed E-state index contributed by atoms with van der Waals surface area (Å²) < 4.78 is 5.78. The van der Waals surface area contributed by atoms with E-state index in [0.29, 0.717) is 6.54 Å². The molecule has 0 bridgehead atoms. The SMILES string of the molecule is NCCc1ccccc1OCCC1CC1. The fraction of sp³-hybridized carbons (Fsp3) is 0.538. The molecule has 1 aliphatic carbocycles. The Morgan fingerprint density at radius 3 is 2.80 bits per heavy atom. The first-order chi connectivity index (χ1) is 7.40. The van der Waals surface area contributed by atoms with Gasteiger partial charge in [-0.2, -0.15) is 0 Å². The molecule has 15 heavy (non-hydrogen) atoms. The van der Waals surface area contributed by atoms with Crippen LogP contribution in [0.5, 0.6) is 5.75 Å². The molecule has 0 amide bonds. The summed E-state index contributed by atoms with van der Waals surface area (Å²) >= 11 is 0. The van der Waals surface area contributed by atoms with Gasteiger partial charge in [-0.05, 0) is 36.9 Å². The Bertz CT molecular complexity index is 307. The van der Waals surface area contributed by atoms with Gasteiger partial charge in [0.2, 0.25) is 0 Å². The van der Waals surface area contributed by atoms with Gasteiger partial charge in [0.1, 0.15) is 5.75 Å². The molecular weight excluding hydrogens is 186 g/mol. The van der Waals surface area contributed by atoms with Crippen molar-refractivity contribution >= 4 is 0 Å². The van der Waals surface area contributed by atoms with E-state index in [1.165, 1.54) is 24.8 Å². The summed E-state index contributed by atoms with van der Waals surface area (Å²) in [4.78, 5) is 0. The molecule has 2 rings (SSSR count). The van der Waals surface area contributed by atoms with Gasteiger partial charge in [-0.25, -0.2) is 0 Å². The second-order valence-electron chi connectivity index (χ2n) is 4.23. The maximum atomic E-state index is 5.78. The minimum Gasteiger partial charge on any atom is -0.493 e. The van der Waals surface area contributed by atoms with Gasteiger partial charge < -0.3 is 10.5 Å². The van der Waals surface area contributed by atoms with Crippen LogP contribution in [0.2, 0.25) is 0 Å². The summed E-state index contributed by atoms with van der Waals surface area (Å²) in [7, 11) is 0. The van der Waals surface area contributed by atoms with Crippen LogP contribution >= 0.6 is 0 Å². The molecule has 0 unspecified atom stereocenters. The van der Waals surface area contributed by atoms with E-state index in [-0.39, 0.29) is 0 Å². The van der Waals surface area contributed by atoms with Crippen molar-refractivity contribution in [3.05, 3.63) is 29.8 Å². The van der Waals surface area contributed by atoms with E-state index in [1.807, 2.05) is 18.2 Å². The fourth-order valence-corrected chi connectivity index (χ4v) is 1.75. The highest BCUT2D eigenvalue weighted by Gasteiger charge is 2.20. The molecule has 1 saturated carbocycles. The minimum atomic E-state index is 0.684. The molecule has 1 aliphatic rings. The van der Waals surface area contributed by atoms with E-state index in [4.69, 9.17) is 10.5 Å². The highest BCUT2D eigenvalue weighted by molar-refractivity contribution is 5.33. The van der Waals surface area contributed by atoms with Crippen molar-refractivity contribution in [2.45, 2.75) is 25.7 Å². The number of ether oxygens (including phenoxy) is 1. The van der Waals surface area contributed by atoms with E-state index in [2.05, 4.69) is 6.07 Å². The Hall–Kier alpha value is -1.02. The first kappa shape index (κ1) is 10.5. The second-order valence-corrected chi connectivity index (χ2v) is 4.23. The lowest BCUT2D eigenvalue weighted by molar-refractivity contribution is 0.299. The Balaban J connectivity index is 1.86. The van der Waals surface area contributed by atoms with Crippen LogP contribution in [0, 0.1) is 5.92 Å². The van der Waals surface area contributed by atoms with Crippen LogP contribution in [0.15, 0.2) is 24.3 Å². The van der Waals surface area contributed by atoms with Gasteiger partial charge in [-0.15, -0.1) is 0 Å². The summed E-state index contributed by atoms with van der Waals surface area (Å²) in [6.45, 7) is 1.54. The standard InChI is InChI=1S/C13H19NO/c14-9-7-12-3-1-2-4-13(12)15-10-8-11-5-6-11/h1-4,11H,5-10,14H2. The van der Waals surface area contributed by atoms with Gasteiger partial charge in [0.25, 0.3) is 0 Å². The molecular formula is C13H19NO. The van der Waals surface area contributed by atoms with Crippen LogP contribution in [0.3, 0.4) is 0 Å². The zero-order valence-corrected chi connectivity index (χ0v) is 9.11. The highest BCUT2D eigenvalue weighted by atomic mass is 16.5. The molecule has 0 atom stereocenters. The Labute approximate surface area is 91.4 Å². The minimum absolute atomic E-state index is 0.684. The molecule has 0 heterocycles. The molecule has 0 spiro atoms. The van der Waals surface area contributed by atoms with Crippen molar-refractivity contribution < 1.29 is 4.74 Å². The summed E-state index contributed by atoms with van der Waals surface area (Å²) in [6, 6.07) is 8.20.